The number of hydrogen-bond donors (Lipinski definition) is 0. The molecule has 0 bridgehead atoms. The fourth-order valence-electron chi connectivity index (χ4n) is 3.51. The second-order valence-corrected chi connectivity index (χ2v) is 8.75. The van der Waals surface area contributed by atoms with Crippen LogP contribution in [0.25, 0.3) is 10.2 Å². The van der Waals surface area contributed by atoms with Gasteiger partial charge in [0, 0.05) is 17.2 Å². The van der Waals surface area contributed by atoms with Crippen LogP contribution in [-0.4, -0.2) is 28.0 Å². The molecular weight excluding hydrogens is 340 g/mol. The SMILES string of the molecule is C=C(C)CSc1nc2sc3c(c2c(=O)n1C[C@H]1CCCO1)CCC3. The molecule has 2 aliphatic rings. The third kappa shape index (κ3) is 2.95. The van der Waals surface area contributed by atoms with E-state index in [1.807, 2.05) is 11.5 Å². The van der Waals surface area contributed by atoms with Crippen molar-refractivity contribution in [1.29, 1.82) is 0 Å². The van der Waals surface area contributed by atoms with Crippen LogP contribution in [-0.2, 0) is 24.1 Å². The molecule has 6 heteroatoms. The molecule has 2 aromatic rings. The van der Waals surface area contributed by atoms with Gasteiger partial charge in [-0.25, -0.2) is 4.98 Å². The zero-order valence-electron chi connectivity index (χ0n) is 14.0. The van der Waals surface area contributed by atoms with Crippen LogP contribution in [0.5, 0.6) is 0 Å². The summed E-state index contributed by atoms with van der Waals surface area (Å²) in [6.45, 7) is 7.40. The van der Waals surface area contributed by atoms with Crippen LogP contribution in [0, 0.1) is 0 Å². The highest BCUT2D eigenvalue weighted by Gasteiger charge is 2.25. The molecule has 4 nitrogen and oxygen atoms in total. The largest absolute Gasteiger partial charge is 0.376 e. The van der Waals surface area contributed by atoms with Crippen molar-refractivity contribution in [1.82, 2.24) is 9.55 Å². The molecular formula is C18H22N2O2S2. The van der Waals surface area contributed by atoms with Crippen LogP contribution in [0.15, 0.2) is 22.1 Å². The number of thioether (sulfide) groups is 1. The zero-order chi connectivity index (χ0) is 16.7. The molecule has 24 heavy (non-hydrogen) atoms. The average Bonchev–Trinajstić information content (AvgIpc) is 3.24. The van der Waals surface area contributed by atoms with Crippen molar-refractivity contribution >= 4 is 33.3 Å². The van der Waals surface area contributed by atoms with Crippen molar-refractivity contribution in [2.75, 3.05) is 12.4 Å². The highest BCUT2D eigenvalue weighted by atomic mass is 32.2. The fourth-order valence-corrected chi connectivity index (χ4v) is 5.66. The zero-order valence-corrected chi connectivity index (χ0v) is 15.6. The minimum atomic E-state index is 0.124. The molecule has 0 radical (unpaired) electrons. The lowest BCUT2D eigenvalue weighted by Gasteiger charge is -2.16. The Balaban J connectivity index is 1.81. The summed E-state index contributed by atoms with van der Waals surface area (Å²) >= 11 is 3.32. The van der Waals surface area contributed by atoms with E-state index in [2.05, 4.69) is 6.58 Å². The van der Waals surface area contributed by atoms with E-state index in [1.54, 1.807) is 23.1 Å². The van der Waals surface area contributed by atoms with Gasteiger partial charge in [0.2, 0.25) is 0 Å². The van der Waals surface area contributed by atoms with E-state index in [0.29, 0.717) is 6.54 Å². The van der Waals surface area contributed by atoms with Crippen molar-refractivity contribution in [3.8, 4) is 0 Å². The van der Waals surface area contributed by atoms with Gasteiger partial charge in [-0.05, 0) is 44.6 Å². The number of aromatic nitrogens is 2. The number of fused-ring (bicyclic) bond motifs is 3. The fraction of sp³-hybridized carbons (Fsp3) is 0.556. The summed E-state index contributed by atoms with van der Waals surface area (Å²) in [4.78, 5) is 20.4. The van der Waals surface area contributed by atoms with E-state index in [4.69, 9.17) is 9.72 Å². The van der Waals surface area contributed by atoms with Crippen molar-refractivity contribution in [3.05, 3.63) is 32.9 Å². The topological polar surface area (TPSA) is 44.1 Å². The van der Waals surface area contributed by atoms with Gasteiger partial charge in [0.15, 0.2) is 5.16 Å². The van der Waals surface area contributed by atoms with Gasteiger partial charge in [-0.1, -0.05) is 23.9 Å². The van der Waals surface area contributed by atoms with Crippen LogP contribution < -0.4 is 5.56 Å². The minimum Gasteiger partial charge on any atom is -0.376 e. The highest BCUT2D eigenvalue weighted by Crippen LogP contribution is 2.35. The summed E-state index contributed by atoms with van der Waals surface area (Å²) in [5.74, 6) is 0.786. The molecule has 1 fully saturated rings. The number of ether oxygens (including phenoxy) is 1. The first-order valence-corrected chi connectivity index (χ1v) is 10.4. The standard InChI is InChI=1S/C18H22N2O2S2/c1-11(2)10-23-18-19-16-15(13-6-3-7-14(13)24-16)17(21)20(18)9-12-5-4-8-22-12/h12H,1,3-10H2,2H3/t12-/m1/s1. The van der Waals surface area contributed by atoms with Gasteiger partial charge >= 0.3 is 0 Å². The molecule has 0 spiro atoms. The predicted molar refractivity (Wildman–Crippen MR) is 100 cm³/mol. The molecule has 1 aliphatic carbocycles. The first kappa shape index (κ1) is 16.4. The van der Waals surface area contributed by atoms with E-state index >= 15 is 0 Å². The third-order valence-electron chi connectivity index (χ3n) is 4.65. The molecule has 0 aromatic carbocycles. The molecule has 0 saturated carbocycles. The Bertz CT molecular complexity index is 847. The van der Waals surface area contributed by atoms with Gasteiger partial charge in [0.05, 0.1) is 18.0 Å². The van der Waals surface area contributed by atoms with Crippen LogP contribution in [0.3, 0.4) is 0 Å². The normalized spacial score (nSPS) is 20.0. The Morgan fingerprint density at radius 2 is 2.33 bits per heavy atom. The summed E-state index contributed by atoms with van der Waals surface area (Å²) < 4.78 is 7.63. The van der Waals surface area contributed by atoms with E-state index < -0.39 is 0 Å². The summed E-state index contributed by atoms with van der Waals surface area (Å²) in [5, 5.41) is 1.68. The molecule has 0 amide bonds. The first-order chi connectivity index (χ1) is 11.6. The molecule has 128 valence electrons. The molecule has 4 rings (SSSR count). The Morgan fingerprint density at radius 3 is 3.08 bits per heavy atom. The summed E-state index contributed by atoms with van der Waals surface area (Å²) in [6.07, 6.45) is 5.51. The minimum absolute atomic E-state index is 0.124. The van der Waals surface area contributed by atoms with Gasteiger partial charge in [-0.15, -0.1) is 11.3 Å². The van der Waals surface area contributed by atoms with Gasteiger partial charge < -0.3 is 4.74 Å². The molecule has 1 saturated heterocycles. The summed E-state index contributed by atoms with van der Waals surface area (Å²) in [7, 11) is 0. The third-order valence-corrected chi connectivity index (χ3v) is 7.04. The number of thiophene rings is 1. The van der Waals surface area contributed by atoms with Gasteiger partial charge in [-0.2, -0.15) is 0 Å². The number of hydrogen-bond acceptors (Lipinski definition) is 5. The Labute approximate surface area is 149 Å². The molecule has 1 aliphatic heterocycles. The quantitative estimate of drug-likeness (QED) is 0.461. The number of rotatable bonds is 5. The van der Waals surface area contributed by atoms with Crippen LogP contribution in [0.2, 0.25) is 0 Å². The monoisotopic (exact) mass is 362 g/mol. The van der Waals surface area contributed by atoms with Gasteiger partial charge in [0.1, 0.15) is 4.83 Å². The molecule has 0 N–H and O–H groups in total. The maximum absolute atomic E-state index is 13.2. The Hall–Kier alpha value is -1.11. The molecule has 0 unspecified atom stereocenters. The Morgan fingerprint density at radius 1 is 1.46 bits per heavy atom. The van der Waals surface area contributed by atoms with Crippen LogP contribution >= 0.6 is 23.1 Å². The number of nitrogens with zero attached hydrogens (tertiary/aromatic N) is 2. The van der Waals surface area contributed by atoms with E-state index in [9.17, 15) is 4.79 Å². The second kappa shape index (κ2) is 6.65. The Kier molecular flexibility index (Phi) is 4.54. The van der Waals surface area contributed by atoms with E-state index in [-0.39, 0.29) is 11.7 Å². The van der Waals surface area contributed by atoms with Crippen molar-refractivity contribution in [2.24, 2.45) is 0 Å². The predicted octanol–water partition coefficient (Wildman–Crippen LogP) is 3.79. The maximum atomic E-state index is 13.2. The lowest BCUT2D eigenvalue weighted by molar-refractivity contribution is 0.0937. The molecule has 3 heterocycles. The first-order valence-electron chi connectivity index (χ1n) is 8.57. The van der Waals surface area contributed by atoms with Crippen LogP contribution in [0.1, 0.15) is 36.6 Å². The highest BCUT2D eigenvalue weighted by molar-refractivity contribution is 7.99. The van der Waals surface area contributed by atoms with Gasteiger partial charge in [0.25, 0.3) is 5.56 Å². The van der Waals surface area contributed by atoms with Crippen molar-refractivity contribution < 1.29 is 4.74 Å². The summed E-state index contributed by atoms with van der Waals surface area (Å²) in [6, 6.07) is 0. The molecule has 1 atom stereocenters. The number of aryl methyl sites for hydroxylation is 2. The van der Waals surface area contributed by atoms with Gasteiger partial charge in [-0.3, -0.25) is 9.36 Å². The van der Waals surface area contributed by atoms with E-state index in [1.165, 1.54) is 10.4 Å². The maximum Gasteiger partial charge on any atom is 0.263 e. The summed E-state index contributed by atoms with van der Waals surface area (Å²) in [5.41, 5.74) is 2.47. The molecule has 2 aromatic heterocycles. The van der Waals surface area contributed by atoms with E-state index in [0.717, 1.165) is 65.4 Å². The average molecular weight is 363 g/mol. The van der Waals surface area contributed by atoms with Crippen molar-refractivity contribution in [3.63, 3.8) is 0 Å². The lowest BCUT2D eigenvalue weighted by Crippen LogP contribution is -2.29. The smallest absolute Gasteiger partial charge is 0.263 e. The van der Waals surface area contributed by atoms with Crippen molar-refractivity contribution in [2.45, 2.75) is 56.8 Å². The lowest BCUT2D eigenvalue weighted by atomic mass is 10.2. The second-order valence-electron chi connectivity index (χ2n) is 6.73. The van der Waals surface area contributed by atoms with Crippen LogP contribution in [0.4, 0.5) is 0 Å².